The van der Waals surface area contributed by atoms with Crippen LogP contribution in [-0.2, 0) is 9.59 Å². The quantitative estimate of drug-likeness (QED) is 0.560. The molecule has 0 aliphatic rings. The second-order valence-corrected chi connectivity index (χ2v) is 5.19. The monoisotopic (exact) mass is 289 g/mol. The molecule has 0 aromatic heterocycles. The summed E-state index contributed by atoms with van der Waals surface area (Å²) in [5.74, 6) is -1.28. The summed E-state index contributed by atoms with van der Waals surface area (Å²) in [6.45, 7) is 4.11. The maximum Gasteiger partial charge on any atom is 0.323 e. The van der Waals surface area contributed by atoms with Crippen molar-refractivity contribution in [2.75, 3.05) is 13.1 Å². The molecule has 118 valence electrons. The van der Waals surface area contributed by atoms with Crippen molar-refractivity contribution in [3.8, 4) is 0 Å². The number of rotatable bonds is 12. The van der Waals surface area contributed by atoms with Gasteiger partial charge in [0.1, 0.15) is 12.7 Å². The molecule has 1 N–H and O–H groups in total. The Morgan fingerprint density at radius 1 is 1.10 bits per heavy atom. The number of nitrogens with zero attached hydrogens (tertiary/aromatic N) is 1. The Kier molecular flexibility index (Phi) is 11.0. The maximum absolute atomic E-state index is 13.6. The SMILES string of the molecule is CCCCCCC(F)CCC(=O)N(CCC)CC(=O)O. The van der Waals surface area contributed by atoms with E-state index in [1.807, 2.05) is 6.92 Å². The van der Waals surface area contributed by atoms with Crippen molar-refractivity contribution in [1.29, 1.82) is 0 Å². The third-order valence-electron chi connectivity index (χ3n) is 3.21. The Morgan fingerprint density at radius 2 is 1.80 bits per heavy atom. The van der Waals surface area contributed by atoms with E-state index < -0.39 is 12.1 Å². The average molecular weight is 289 g/mol. The van der Waals surface area contributed by atoms with Crippen LogP contribution in [0.4, 0.5) is 4.39 Å². The van der Waals surface area contributed by atoms with Gasteiger partial charge in [0, 0.05) is 13.0 Å². The van der Waals surface area contributed by atoms with E-state index in [0.717, 1.165) is 25.7 Å². The number of carbonyl (C=O) groups excluding carboxylic acids is 1. The fourth-order valence-corrected chi connectivity index (χ4v) is 2.10. The number of alkyl halides is 1. The Balaban J connectivity index is 3.94. The highest BCUT2D eigenvalue weighted by Gasteiger charge is 2.17. The molecule has 0 aromatic rings. The van der Waals surface area contributed by atoms with Gasteiger partial charge in [-0.2, -0.15) is 0 Å². The highest BCUT2D eigenvalue weighted by Crippen LogP contribution is 2.13. The number of carbonyl (C=O) groups is 2. The lowest BCUT2D eigenvalue weighted by atomic mass is 10.1. The Hall–Kier alpha value is -1.13. The summed E-state index contributed by atoms with van der Waals surface area (Å²) in [7, 11) is 0. The lowest BCUT2D eigenvalue weighted by molar-refractivity contribution is -0.144. The van der Waals surface area contributed by atoms with Crippen molar-refractivity contribution in [3.05, 3.63) is 0 Å². The van der Waals surface area contributed by atoms with Gasteiger partial charge in [-0.05, 0) is 19.3 Å². The van der Waals surface area contributed by atoms with Crippen LogP contribution in [0.25, 0.3) is 0 Å². The molecular formula is C15H28FNO3. The van der Waals surface area contributed by atoms with Crippen LogP contribution in [0.5, 0.6) is 0 Å². The third kappa shape index (κ3) is 9.75. The average Bonchev–Trinajstić information content (AvgIpc) is 2.40. The van der Waals surface area contributed by atoms with Crippen LogP contribution >= 0.6 is 0 Å². The first-order valence-electron chi connectivity index (χ1n) is 7.64. The largest absolute Gasteiger partial charge is 0.480 e. The van der Waals surface area contributed by atoms with E-state index in [4.69, 9.17) is 5.11 Å². The molecule has 0 aromatic carbocycles. The van der Waals surface area contributed by atoms with Gasteiger partial charge in [-0.1, -0.05) is 39.5 Å². The predicted molar refractivity (Wildman–Crippen MR) is 77.4 cm³/mol. The number of hydrogen-bond acceptors (Lipinski definition) is 2. The number of amides is 1. The number of unbranched alkanes of at least 4 members (excludes halogenated alkanes) is 3. The Morgan fingerprint density at radius 3 is 2.35 bits per heavy atom. The molecule has 0 aliphatic carbocycles. The summed E-state index contributed by atoms with van der Waals surface area (Å²) in [5.41, 5.74) is 0. The molecule has 0 spiro atoms. The number of hydrogen-bond donors (Lipinski definition) is 1. The number of aliphatic carboxylic acids is 1. The molecule has 5 heteroatoms. The molecular weight excluding hydrogens is 261 g/mol. The number of halogens is 1. The van der Waals surface area contributed by atoms with E-state index in [0.29, 0.717) is 19.4 Å². The highest BCUT2D eigenvalue weighted by molar-refractivity contribution is 5.81. The van der Waals surface area contributed by atoms with Crippen LogP contribution in [0.15, 0.2) is 0 Å². The van der Waals surface area contributed by atoms with Gasteiger partial charge in [-0.3, -0.25) is 9.59 Å². The zero-order valence-corrected chi connectivity index (χ0v) is 12.7. The first-order valence-corrected chi connectivity index (χ1v) is 7.64. The van der Waals surface area contributed by atoms with E-state index in [9.17, 15) is 14.0 Å². The van der Waals surface area contributed by atoms with E-state index in [1.54, 1.807) is 0 Å². The molecule has 0 aliphatic heterocycles. The molecule has 0 heterocycles. The molecule has 0 saturated carbocycles. The molecule has 0 bridgehead atoms. The van der Waals surface area contributed by atoms with Crippen LogP contribution in [0.1, 0.15) is 65.2 Å². The summed E-state index contributed by atoms with van der Waals surface area (Å²) < 4.78 is 13.6. The smallest absolute Gasteiger partial charge is 0.323 e. The van der Waals surface area contributed by atoms with Crippen molar-refractivity contribution in [1.82, 2.24) is 4.90 Å². The van der Waals surface area contributed by atoms with Crippen molar-refractivity contribution < 1.29 is 19.1 Å². The van der Waals surface area contributed by atoms with Gasteiger partial charge in [0.15, 0.2) is 0 Å². The molecule has 1 unspecified atom stereocenters. The molecule has 1 amide bonds. The van der Waals surface area contributed by atoms with Crippen molar-refractivity contribution >= 4 is 11.9 Å². The minimum atomic E-state index is -1.02. The van der Waals surface area contributed by atoms with Gasteiger partial charge in [0.25, 0.3) is 0 Å². The third-order valence-corrected chi connectivity index (χ3v) is 3.21. The topological polar surface area (TPSA) is 57.6 Å². The summed E-state index contributed by atoms with van der Waals surface area (Å²) in [6, 6.07) is 0. The van der Waals surface area contributed by atoms with Crippen LogP contribution in [0, 0.1) is 0 Å². The lowest BCUT2D eigenvalue weighted by Crippen LogP contribution is -2.36. The molecule has 0 radical (unpaired) electrons. The van der Waals surface area contributed by atoms with E-state index in [2.05, 4.69) is 6.92 Å². The molecule has 20 heavy (non-hydrogen) atoms. The van der Waals surface area contributed by atoms with Crippen LogP contribution in [0.3, 0.4) is 0 Å². The zero-order valence-electron chi connectivity index (χ0n) is 12.7. The molecule has 0 saturated heterocycles. The normalized spacial score (nSPS) is 12.2. The van der Waals surface area contributed by atoms with Crippen LogP contribution in [0.2, 0.25) is 0 Å². The van der Waals surface area contributed by atoms with E-state index >= 15 is 0 Å². The molecule has 4 nitrogen and oxygen atoms in total. The minimum absolute atomic E-state index is 0.0994. The summed E-state index contributed by atoms with van der Waals surface area (Å²) in [4.78, 5) is 23.8. The Bertz CT molecular complexity index is 284. The van der Waals surface area contributed by atoms with Gasteiger partial charge in [-0.25, -0.2) is 4.39 Å². The van der Waals surface area contributed by atoms with Gasteiger partial charge in [0.2, 0.25) is 5.91 Å². The van der Waals surface area contributed by atoms with Crippen LogP contribution < -0.4 is 0 Å². The molecule has 0 fully saturated rings. The highest BCUT2D eigenvalue weighted by atomic mass is 19.1. The lowest BCUT2D eigenvalue weighted by Gasteiger charge is -2.20. The van der Waals surface area contributed by atoms with Gasteiger partial charge >= 0.3 is 5.97 Å². The van der Waals surface area contributed by atoms with Crippen LogP contribution in [-0.4, -0.2) is 41.1 Å². The van der Waals surface area contributed by atoms with Crippen molar-refractivity contribution in [2.45, 2.75) is 71.4 Å². The minimum Gasteiger partial charge on any atom is -0.480 e. The first-order chi connectivity index (χ1) is 9.51. The summed E-state index contributed by atoms with van der Waals surface area (Å²) in [6.07, 6.45) is 4.68. The number of carboxylic acid groups (broad SMARTS) is 1. The predicted octanol–water partition coefficient (Wildman–Crippen LogP) is 3.40. The van der Waals surface area contributed by atoms with E-state index in [1.165, 1.54) is 4.90 Å². The molecule has 0 rings (SSSR count). The fourth-order valence-electron chi connectivity index (χ4n) is 2.10. The van der Waals surface area contributed by atoms with Gasteiger partial charge < -0.3 is 10.0 Å². The van der Waals surface area contributed by atoms with Crippen molar-refractivity contribution in [2.24, 2.45) is 0 Å². The fraction of sp³-hybridized carbons (Fsp3) is 0.867. The molecule has 1 atom stereocenters. The summed E-state index contributed by atoms with van der Waals surface area (Å²) >= 11 is 0. The maximum atomic E-state index is 13.6. The Labute approximate surface area is 121 Å². The summed E-state index contributed by atoms with van der Waals surface area (Å²) in [5, 5.41) is 8.74. The second kappa shape index (κ2) is 11.7. The van der Waals surface area contributed by atoms with Gasteiger partial charge in [0.05, 0.1) is 0 Å². The number of carboxylic acids is 1. The zero-order chi connectivity index (χ0) is 15.4. The second-order valence-electron chi connectivity index (χ2n) is 5.19. The standard InChI is InChI=1S/C15H28FNO3/c1-3-5-6-7-8-13(16)9-10-14(18)17(11-4-2)12-15(19)20/h13H,3-12H2,1-2H3,(H,19,20). The van der Waals surface area contributed by atoms with Gasteiger partial charge in [-0.15, -0.1) is 0 Å². The van der Waals surface area contributed by atoms with Crippen molar-refractivity contribution in [3.63, 3.8) is 0 Å². The first kappa shape index (κ1) is 18.9. The van der Waals surface area contributed by atoms with E-state index in [-0.39, 0.29) is 25.3 Å².